The average Bonchev–Trinajstić information content (AvgIpc) is 2.95. The predicted molar refractivity (Wildman–Crippen MR) is 103 cm³/mol. The number of nitrogens with one attached hydrogen (secondary N) is 2. The van der Waals surface area contributed by atoms with Gasteiger partial charge in [0.05, 0.1) is 5.25 Å². The van der Waals surface area contributed by atoms with Crippen LogP contribution >= 0.6 is 23.1 Å². The van der Waals surface area contributed by atoms with Crippen molar-refractivity contribution < 1.29 is 4.79 Å². The van der Waals surface area contributed by atoms with E-state index in [4.69, 9.17) is 0 Å². The molecule has 1 aromatic carbocycles. The summed E-state index contributed by atoms with van der Waals surface area (Å²) in [4.78, 5) is 12.5. The number of aromatic nitrogens is 2. The number of nitrogens with zero attached hydrogens (tertiary/aromatic N) is 2. The molecule has 0 saturated heterocycles. The van der Waals surface area contributed by atoms with Gasteiger partial charge in [0.1, 0.15) is 0 Å². The Balaban J connectivity index is 2.00. The van der Waals surface area contributed by atoms with Gasteiger partial charge in [-0.1, -0.05) is 46.9 Å². The first-order valence-electron chi connectivity index (χ1n) is 7.64. The average molecular weight is 363 g/mol. The number of carbonyl (C=O) groups is 1. The fourth-order valence-corrected chi connectivity index (χ4v) is 4.20. The third-order valence-electron chi connectivity index (χ3n) is 3.38. The van der Waals surface area contributed by atoms with Crippen molar-refractivity contribution in [1.82, 2.24) is 10.2 Å². The molecule has 0 bridgehead atoms. The number of hydrogen-bond donors (Lipinski definition) is 2. The minimum absolute atomic E-state index is 0.0362. The number of aryl methyl sites for hydroxylation is 3. The molecule has 0 aliphatic rings. The van der Waals surface area contributed by atoms with Crippen LogP contribution in [0, 0.1) is 20.8 Å². The van der Waals surface area contributed by atoms with Gasteiger partial charge in [0.2, 0.25) is 11.0 Å². The largest absolute Gasteiger partial charge is 0.357 e. The summed E-state index contributed by atoms with van der Waals surface area (Å²) in [5.74, 6) is -0.0362. The zero-order valence-electron chi connectivity index (χ0n) is 14.3. The van der Waals surface area contributed by atoms with E-state index in [1.54, 1.807) is 6.08 Å². The lowest BCUT2D eigenvalue weighted by Crippen LogP contribution is -2.23. The van der Waals surface area contributed by atoms with Crippen LogP contribution < -0.4 is 10.6 Å². The topological polar surface area (TPSA) is 66.9 Å². The number of amides is 1. The van der Waals surface area contributed by atoms with E-state index in [9.17, 15) is 4.79 Å². The summed E-state index contributed by atoms with van der Waals surface area (Å²) in [6.07, 6.45) is 1.76. The summed E-state index contributed by atoms with van der Waals surface area (Å²) in [7, 11) is 0. The molecule has 2 aromatic rings. The maximum atomic E-state index is 12.5. The molecule has 128 valence electrons. The lowest BCUT2D eigenvalue weighted by molar-refractivity contribution is -0.115. The first kappa shape index (κ1) is 18.5. The zero-order chi connectivity index (χ0) is 17.7. The van der Waals surface area contributed by atoms with Crippen LogP contribution in [0.25, 0.3) is 0 Å². The van der Waals surface area contributed by atoms with Crippen LogP contribution in [0.5, 0.6) is 0 Å². The quantitative estimate of drug-likeness (QED) is 0.571. The van der Waals surface area contributed by atoms with Gasteiger partial charge in [0, 0.05) is 12.2 Å². The summed E-state index contributed by atoms with van der Waals surface area (Å²) < 4.78 is 0.765. The minimum atomic E-state index is -0.259. The van der Waals surface area contributed by atoms with Gasteiger partial charge in [0.15, 0.2) is 4.34 Å². The van der Waals surface area contributed by atoms with E-state index >= 15 is 0 Å². The Bertz CT molecular complexity index is 719. The molecule has 7 heteroatoms. The highest BCUT2D eigenvalue weighted by Gasteiger charge is 2.18. The second-order valence-corrected chi connectivity index (χ2v) is 8.13. The molecule has 0 unspecified atom stereocenters. The highest BCUT2D eigenvalue weighted by molar-refractivity contribution is 8.02. The summed E-state index contributed by atoms with van der Waals surface area (Å²) in [6, 6.07) is 4.14. The lowest BCUT2D eigenvalue weighted by Gasteiger charge is -2.15. The molecule has 0 fully saturated rings. The number of hydrogen-bond acceptors (Lipinski definition) is 6. The Morgan fingerprint density at radius 2 is 2.00 bits per heavy atom. The third kappa shape index (κ3) is 4.82. The molecule has 2 rings (SSSR count). The molecular weight excluding hydrogens is 340 g/mol. The van der Waals surface area contributed by atoms with Crippen LogP contribution in [-0.2, 0) is 4.79 Å². The van der Waals surface area contributed by atoms with Gasteiger partial charge in [-0.3, -0.25) is 4.79 Å². The Kier molecular flexibility index (Phi) is 6.39. The zero-order valence-corrected chi connectivity index (χ0v) is 16.0. The van der Waals surface area contributed by atoms with Gasteiger partial charge in [0.25, 0.3) is 0 Å². The number of rotatable bonds is 7. The van der Waals surface area contributed by atoms with Crippen molar-refractivity contribution in [3.05, 3.63) is 41.5 Å². The van der Waals surface area contributed by atoms with Crippen molar-refractivity contribution in [2.24, 2.45) is 0 Å². The van der Waals surface area contributed by atoms with Gasteiger partial charge in [-0.25, -0.2) is 0 Å². The van der Waals surface area contributed by atoms with E-state index < -0.39 is 0 Å². The number of carbonyl (C=O) groups excluding carboxylic acids is 1. The van der Waals surface area contributed by atoms with Crippen molar-refractivity contribution in [2.75, 3.05) is 17.2 Å². The molecule has 0 aliphatic carbocycles. The molecule has 0 saturated carbocycles. The highest BCUT2D eigenvalue weighted by Crippen LogP contribution is 2.30. The number of benzene rings is 1. The van der Waals surface area contributed by atoms with Gasteiger partial charge >= 0.3 is 0 Å². The molecule has 24 heavy (non-hydrogen) atoms. The van der Waals surface area contributed by atoms with E-state index in [0.29, 0.717) is 6.54 Å². The number of anilines is 2. The Labute approximate surface area is 151 Å². The van der Waals surface area contributed by atoms with Crippen LogP contribution in [0.3, 0.4) is 0 Å². The summed E-state index contributed by atoms with van der Waals surface area (Å²) in [5.41, 5.74) is 4.23. The smallest absolute Gasteiger partial charge is 0.237 e. The van der Waals surface area contributed by atoms with Crippen molar-refractivity contribution in [3.8, 4) is 0 Å². The molecular formula is C17H22N4OS2. The maximum Gasteiger partial charge on any atom is 0.237 e. The van der Waals surface area contributed by atoms with E-state index in [-0.39, 0.29) is 11.2 Å². The van der Waals surface area contributed by atoms with Crippen LogP contribution in [0.15, 0.2) is 29.1 Å². The van der Waals surface area contributed by atoms with E-state index in [2.05, 4.69) is 46.5 Å². The summed E-state index contributed by atoms with van der Waals surface area (Å²) in [5, 5.41) is 14.7. The fourth-order valence-electron chi connectivity index (χ4n) is 2.30. The summed E-state index contributed by atoms with van der Waals surface area (Å²) in [6.45, 7) is 12.2. The van der Waals surface area contributed by atoms with E-state index in [1.807, 2.05) is 20.8 Å². The molecule has 1 atom stereocenters. The van der Waals surface area contributed by atoms with E-state index in [1.165, 1.54) is 28.7 Å². The molecule has 0 spiro atoms. The van der Waals surface area contributed by atoms with Gasteiger partial charge in [-0.15, -0.1) is 16.8 Å². The standard InChI is InChI=1S/C17H22N4OS2/c1-6-7-18-16-20-21-17(24-16)23-13(5)15(22)19-14-11(3)8-10(2)9-12(14)4/h6,8-9,13H,1,7H2,2-5H3,(H,18,20)(H,19,22)/t13-/m0/s1. The fraction of sp³-hybridized carbons (Fsp3) is 0.353. The Hall–Kier alpha value is -1.86. The molecule has 1 amide bonds. The molecule has 5 nitrogen and oxygen atoms in total. The monoisotopic (exact) mass is 362 g/mol. The van der Waals surface area contributed by atoms with E-state index in [0.717, 1.165) is 26.3 Å². The SMILES string of the molecule is C=CCNc1nnc(S[C@@H](C)C(=O)Nc2c(C)cc(C)cc2C)s1. The predicted octanol–water partition coefficient (Wildman–Crippen LogP) is 4.18. The second-order valence-electron chi connectivity index (χ2n) is 5.57. The third-order valence-corrected chi connectivity index (χ3v) is 5.44. The van der Waals surface area contributed by atoms with Gasteiger partial charge < -0.3 is 10.6 Å². The molecule has 0 radical (unpaired) electrons. The summed E-state index contributed by atoms with van der Waals surface area (Å²) >= 11 is 2.84. The Morgan fingerprint density at radius 1 is 1.33 bits per heavy atom. The number of thioether (sulfide) groups is 1. The molecule has 1 heterocycles. The van der Waals surface area contributed by atoms with Crippen molar-refractivity contribution in [1.29, 1.82) is 0 Å². The van der Waals surface area contributed by atoms with Crippen molar-refractivity contribution >= 4 is 39.8 Å². The first-order valence-corrected chi connectivity index (χ1v) is 9.34. The van der Waals surface area contributed by atoms with Crippen molar-refractivity contribution in [2.45, 2.75) is 37.3 Å². The van der Waals surface area contributed by atoms with Gasteiger partial charge in [-0.05, 0) is 38.8 Å². The lowest BCUT2D eigenvalue weighted by atomic mass is 10.1. The van der Waals surface area contributed by atoms with Crippen LogP contribution in [-0.4, -0.2) is 27.9 Å². The van der Waals surface area contributed by atoms with Gasteiger partial charge in [-0.2, -0.15) is 0 Å². The van der Waals surface area contributed by atoms with Crippen LogP contribution in [0.2, 0.25) is 0 Å². The first-order chi connectivity index (χ1) is 11.4. The van der Waals surface area contributed by atoms with Crippen LogP contribution in [0.4, 0.5) is 10.8 Å². The Morgan fingerprint density at radius 3 is 2.62 bits per heavy atom. The highest BCUT2D eigenvalue weighted by atomic mass is 32.2. The minimum Gasteiger partial charge on any atom is -0.357 e. The normalized spacial score (nSPS) is 11.8. The van der Waals surface area contributed by atoms with Crippen LogP contribution in [0.1, 0.15) is 23.6 Å². The molecule has 2 N–H and O–H groups in total. The molecule has 0 aliphatic heterocycles. The second kappa shape index (κ2) is 8.30. The maximum absolute atomic E-state index is 12.5. The molecule has 1 aromatic heterocycles. The van der Waals surface area contributed by atoms with Crippen molar-refractivity contribution in [3.63, 3.8) is 0 Å².